The molecule has 1 fully saturated rings. The van der Waals surface area contributed by atoms with Crippen molar-refractivity contribution < 1.29 is 9.72 Å². The molecule has 5 nitrogen and oxygen atoms in total. The predicted octanol–water partition coefficient (Wildman–Crippen LogP) is 3.29. The molecule has 1 aliphatic rings. The number of alkyl halides is 1. The Morgan fingerprint density at radius 3 is 2.76 bits per heavy atom. The zero-order valence-electron chi connectivity index (χ0n) is 12.0. The normalized spacial score (nSPS) is 21.2. The van der Waals surface area contributed by atoms with Gasteiger partial charge in [0.15, 0.2) is 0 Å². The molecule has 0 aromatic heterocycles. The van der Waals surface area contributed by atoms with Crippen molar-refractivity contribution in [2.75, 3.05) is 12.4 Å². The molecule has 21 heavy (non-hydrogen) atoms. The van der Waals surface area contributed by atoms with E-state index in [0.717, 1.165) is 19.3 Å². The van der Waals surface area contributed by atoms with Crippen LogP contribution in [0.2, 0.25) is 0 Å². The first-order valence-electron chi connectivity index (χ1n) is 7.12. The second kappa shape index (κ2) is 6.89. The van der Waals surface area contributed by atoms with Crippen LogP contribution in [0.15, 0.2) is 18.2 Å². The van der Waals surface area contributed by atoms with E-state index in [1.807, 2.05) is 0 Å². The molecule has 0 heterocycles. The van der Waals surface area contributed by atoms with Crippen LogP contribution in [0.1, 0.15) is 35.2 Å². The van der Waals surface area contributed by atoms with Crippen LogP contribution < -0.4 is 5.32 Å². The fraction of sp³-hybridized carbons (Fsp3) is 0.533. The fourth-order valence-electron chi connectivity index (χ4n) is 2.92. The van der Waals surface area contributed by atoms with Crippen LogP contribution in [0.4, 0.5) is 5.69 Å². The van der Waals surface area contributed by atoms with E-state index >= 15 is 0 Å². The number of carbonyl (C=O) groups excluding carboxylic acids is 1. The number of halogens is 1. The molecule has 114 valence electrons. The number of carbonyl (C=O) groups is 1. The van der Waals surface area contributed by atoms with Gasteiger partial charge in [0.1, 0.15) is 0 Å². The van der Waals surface area contributed by atoms with E-state index in [1.54, 1.807) is 6.92 Å². The Morgan fingerprint density at radius 1 is 1.43 bits per heavy atom. The molecule has 1 N–H and O–H groups in total. The Hall–Kier alpha value is -1.62. The van der Waals surface area contributed by atoms with Crippen molar-refractivity contribution in [2.24, 2.45) is 11.8 Å². The number of nitro benzene ring substituents is 1. The topological polar surface area (TPSA) is 72.2 Å². The highest BCUT2D eigenvalue weighted by atomic mass is 35.5. The van der Waals surface area contributed by atoms with E-state index in [0.29, 0.717) is 35.4 Å². The molecule has 1 saturated carbocycles. The van der Waals surface area contributed by atoms with Gasteiger partial charge in [0.25, 0.3) is 11.6 Å². The number of nitrogens with one attached hydrogen (secondary N) is 1. The Balaban J connectivity index is 1.99. The van der Waals surface area contributed by atoms with Gasteiger partial charge in [-0.2, -0.15) is 0 Å². The van der Waals surface area contributed by atoms with E-state index in [9.17, 15) is 14.9 Å². The van der Waals surface area contributed by atoms with Crippen LogP contribution in [-0.2, 0) is 0 Å². The third-order valence-corrected chi connectivity index (χ3v) is 4.60. The van der Waals surface area contributed by atoms with Crippen molar-refractivity contribution in [1.82, 2.24) is 5.32 Å². The molecular formula is C15H19ClN2O3. The number of nitrogens with zero attached hydrogens (tertiary/aromatic N) is 1. The van der Waals surface area contributed by atoms with Crippen molar-refractivity contribution in [3.05, 3.63) is 39.4 Å². The molecular weight excluding hydrogens is 292 g/mol. The van der Waals surface area contributed by atoms with Gasteiger partial charge in [0.05, 0.1) is 4.92 Å². The summed E-state index contributed by atoms with van der Waals surface area (Å²) in [5, 5.41) is 13.6. The average Bonchev–Trinajstić information content (AvgIpc) is 2.91. The maximum absolute atomic E-state index is 12.2. The van der Waals surface area contributed by atoms with Gasteiger partial charge < -0.3 is 5.32 Å². The van der Waals surface area contributed by atoms with Gasteiger partial charge in [0.2, 0.25) is 0 Å². The summed E-state index contributed by atoms with van der Waals surface area (Å²) in [6.45, 7) is 2.33. The minimum absolute atomic E-state index is 0.00190. The van der Waals surface area contributed by atoms with Crippen molar-refractivity contribution in [1.29, 1.82) is 0 Å². The van der Waals surface area contributed by atoms with Gasteiger partial charge in [-0.15, -0.1) is 11.6 Å². The predicted molar refractivity (Wildman–Crippen MR) is 81.7 cm³/mol. The lowest BCUT2D eigenvalue weighted by Gasteiger charge is -2.18. The molecule has 1 aliphatic carbocycles. The summed E-state index contributed by atoms with van der Waals surface area (Å²) in [5.74, 6) is 1.37. The van der Waals surface area contributed by atoms with Gasteiger partial charge in [-0.05, 0) is 43.2 Å². The average molecular weight is 311 g/mol. The molecule has 2 atom stereocenters. The number of benzene rings is 1. The van der Waals surface area contributed by atoms with Crippen LogP contribution in [0.5, 0.6) is 0 Å². The number of non-ortho nitro benzene ring substituents is 1. The molecule has 2 unspecified atom stereocenters. The van der Waals surface area contributed by atoms with Gasteiger partial charge in [-0.3, -0.25) is 14.9 Å². The monoisotopic (exact) mass is 310 g/mol. The molecule has 1 aromatic carbocycles. The van der Waals surface area contributed by atoms with E-state index in [1.165, 1.54) is 18.2 Å². The molecule has 0 aliphatic heterocycles. The van der Waals surface area contributed by atoms with Crippen molar-refractivity contribution in [3.8, 4) is 0 Å². The van der Waals surface area contributed by atoms with Crippen LogP contribution in [-0.4, -0.2) is 23.3 Å². The molecule has 1 amide bonds. The van der Waals surface area contributed by atoms with Crippen LogP contribution in [0, 0.1) is 28.9 Å². The van der Waals surface area contributed by atoms with E-state index < -0.39 is 4.92 Å². The maximum Gasteiger partial charge on any atom is 0.269 e. The lowest BCUT2D eigenvalue weighted by molar-refractivity contribution is -0.384. The summed E-state index contributed by atoms with van der Waals surface area (Å²) in [4.78, 5) is 22.4. The van der Waals surface area contributed by atoms with Crippen molar-refractivity contribution in [2.45, 2.75) is 26.2 Å². The summed E-state index contributed by atoms with van der Waals surface area (Å²) in [5.41, 5.74) is 1.10. The van der Waals surface area contributed by atoms with Gasteiger partial charge in [-0.25, -0.2) is 0 Å². The number of hydrogen-bond donors (Lipinski definition) is 1. The first-order chi connectivity index (χ1) is 10.0. The highest BCUT2D eigenvalue weighted by Gasteiger charge is 2.26. The van der Waals surface area contributed by atoms with Gasteiger partial charge >= 0.3 is 0 Å². The third kappa shape index (κ3) is 3.73. The zero-order valence-corrected chi connectivity index (χ0v) is 12.7. The minimum Gasteiger partial charge on any atom is -0.352 e. The number of rotatable bonds is 5. The summed E-state index contributed by atoms with van der Waals surface area (Å²) in [7, 11) is 0. The highest BCUT2D eigenvalue weighted by molar-refractivity contribution is 6.18. The molecule has 0 spiro atoms. The third-order valence-electron chi connectivity index (χ3n) is 4.20. The standard InChI is InChI=1S/C15H19ClN2O3/c1-10-7-13(18(20)21)5-6-14(10)15(19)17-9-12-4-2-3-11(12)8-16/h5-7,11-12H,2-4,8-9H2,1H3,(H,17,19). The highest BCUT2D eigenvalue weighted by Crippen LogP contribution is 2.32. The van der Waals surface area contributed by atoms with Crippen molar-refractivity contribution >= 4 is 23.2 Å². The summed E-state index contributed by atoms with van der Waals surface area (Å²) < 4.78 is 0. The molecule has 6 heteroatoms. The minimum atomic E-state index is -0.460. The summed E-state index contributed by atoms with van der Waals surface area (Å²) in [6.07, 6.45) is 3.38. The number of amides is 1. The van der Waals surface area contributed by atoms with Crippen LogP contribution in [0.3, 0.4) is 0 Å². The van der Waals surface area contributed by atoms with Crippen molar-refractivity contribution in [3.63, 3.8) is 0 Å². The Morgan fingerprint density at radius 2 is 2.14 bits per heavy atom. The van der Waals surface area contributed by atoms with E-state index in [4.69, 9.17) is 11.6 Å². The lowest BCUT2D eigenvalue weighted by Crippen LogP contribution is -2.31. The smallest absolute Gasteiger partial charge is 0.269 e. The van der Waals surface area contributed by atoms with Gasteiger partial charge in [0, 0.05) is 30.1 Å². The number of aryl methyl sites for hydroxylation is 1. The van der Waals surface area contributed by atoms with E-state index in [2.05, 4.69) is 5.32 Å². The molecule has 1 aromatic rings. The summed E-state index contributed by atoms with van der Waals surface area (Å²) in [6, 6.07) is 4.29. The van der Waals surface area contributed by atoms with Crippen LogP contribution >= 0.6 is 11.6 Å². The molecule has 0 bridgehead atoms. The fourth-order valence-corrected chi connectivity index (χ4v) is 3.33. The second-order valence-corrected chi connectivity index (χ2v) is 5.88. The van der Waals surface area contributed by atoms with Crippen LogP contribution in [0.25, 0.3) is 0 Å². The second-order valence-electron chi connectivity index (χ2n) is 5.57. The quantitative estimate of drug-likeness (QED) is 0.515. The maximum atomic E-state index is 12.2. The SMILES string of the molecule is Cc1cc([N+](=O)[O-])ccc1C(=O)NCC1CCCC1CCl. The lowest BCUT2D eigenvalue weighted by atomic mass is 9.97. The largest absolute Gasteiger partial charge is 0.352 e. The number of hydrogen-bond acceptors (Lipinski definition) is 3. The molecule has 0 saturated heterocycles. The molecule has 0 radical (unpaired) electrons. The van der Waals surface area contributed by atoms with Gasteiger partial charge in [-0.1, -0.05) is 6.42 Å². The summed E-state index contributed by atoms with van der Waals surface area (Å²) >= 11 is 5.93. The Kier molecular flexibility index (Phi) is 5.17. The zero-order chi connectivity index (χ0) is 15.4. The first-order valence-corrected chi connectivity index (χ1v) is 7.65. The first kappa shape index (κ1) is 15.8. The molecule has 2 rings (SSSR count). The Bertz CT molecular complexity index is 548. The van der Waals surface area contributed by atoms with E-state index in [-0.39, 0.29) is 11.6 Å². The number of nitro groups is 1. The Labute approximate surface area is 128 Å².